The van der Waals surface area contributed by atoms with Crippen molar-refractivity contribution in [1.82, 2.24) is 15.0 Å². The van der Waals surface area contributed by atoms with Gasteiger partial charge in [0.15, 0.2) is 5.82 Å². The fourth-order valence-electron chi connectivity index (χ4n) is 1.54. The molecular formula is C12H13N5S. The summed E-state index contributed by atoms with van der Waals surface area (Å²) in [6.45, 7) is 1.99. The Bertz CT molecular complexity index is 543. The molecule has 0 spiro atoms. The molecule has 0 aliphatic rings. The molecule has 0 radical (unpaired) electrons. The van der Waals surface area contributed by atoms with E-state index in [2.05, 4.69) is 20.3 Å². The van der Waals surface area contributed by atoms with Crippen molar-refractivity contribution in [3.05, 3.63) is 48.2 Å². The fraction of sp³-hybridized carbons (Fsp3) is 0.167. The van der Waals surface area contributed by atoms with Crippen molar-refractivity contribution in [3.8, 4) is 0 Å². The van der Waals surface area contributed by atoms with Crippen LogP contribution in [0.2, 0.25) is 0 Å². The normalized spacial score (nSPS) is 11.8. The quantitative estimate of drug-likeness (QED) is 0.813. The van der Waals surface area contributed by atoms with E-state index in [-0.39, 0.29) is 11.0 Å². The molecule has 2 heterocycles. The standard InChI is InChI=1S/C12H13N5S/c1-8(9-4-2-3-5-14-9)17-12-10(11(13)18)15-6-7-16-12/h2-8H,1H3,(H2,13,18)(H,16,17). The molecule has 2 aromatic heterocycles. The highest BCUT2D eigenvalue weighted by Crippen LogP contribution is 2.17. The summed E-state index contributed by atoms with van der Waals surface area (Å²) in [7, 11) is 0. The summed E-state index contributed by atoms with van der Waals surface area (Å²) in [5.74, 6) is 0.572. The second-order valence-corrected chi connectivity index (χ2v) is 4.18. The van der Waals surface area contributed by atoms with Gasteiger partial charge >= 0.3 is 0 Å². The molecular weight excluding hydrogens is 246 g/mol. The molecule has 92 valence electrons. The Labute approximate surface area is 110 Å². The van der Waals surface area contributed by atoms with Crippen LogP contribution in [0.25, 0.3) is 0 Å². The van der Waals surface area contributed by atoms with Crippen LogP contribution in [0.1, 0.15) is 24.4 Å². The van der Waals surface area contributed by atoms with Gasteiger partial charge in [-0.05, 0) is 19.1 Å². The number of rotatable bonds is 4. The number of pyridine rings is 1. The molecule has 2 rings (SSSR count). The summed E-state index contributed by atoms with van der Waals surface area (Å²) < 4.78 is 0. The Balaban J connectivity index is 2.22. The third kappa shape index (κ3) is 2.78. The van der Waals surface area contributed by atoms with Crippen LogP contribution in [0, 0.1) is 0 Å². The zero-order valence-electron chi connectivity index (χ0n) is 9.87. The van der Waals surface area contributed by atoms with Crippen molar-refractivity contribution in [3.63, 3.8) is 0 Å². The highest BCUT2D eigenvalue weighted by atomic mass is 32.1. The molecule has 0 aromatic carbocycles. The second-order valence-electron chi connectivity index (χ2n) is 3.74. The predicted octanol–water partition coefficient (Wildman–Crippen LogP) is 1.68. The highest BCUT2D eigenvalue weighted by molar-refractivity contribution is 7.80. The van der Waals surface area contributed by atoms with E-state index in [9.17, 15) is 0 Å². The minimum Gasteiger partial charge on any atom is -0.388 e. The van der Waals surface area contributed by atoms with Crippen LogP contribution in [-0.2, 0) is 0 Å². The zero-order valence-corrected chi connectivity index (χ0v) is 10.7. The number of hydrogen-bond donors (Lipinski definition) is 2. The first-order chi connectivity index (χ1) is 8.68. The lowest BCUT2D eigenvalue weighted by Gasteiger charge is -2.15. The van der Waals surface area contributed by atoms with E-state index in [0.29, 0.717) is 11.5 Å². The number of thiocarbonyl (C=S) groups is 1. The smallest absolute Gasteiger partial charge is 0.155 e. The Morgan fingerprint density at radius 3 is 2.67 bits per heavy atom. The number of nitrogens with one attached hydrogen (secondary N) is 1. The maximum Gasteiger partial charge on any atom is 0.155 e. The van der Waals surface area contributed by atoms with E-state index in [4.69, 9.17) is 18.0 Å². The van der Waals surface area contributed by atoms with Crippen molar-refractivity contribution in [1.29, 1.82) is 0 Å². The molecule has 5 nitrogen and oxygen atoms in total. The number of anilines is 1. The van der Waals surface area contributed by atoms with Crippen molar-refractivity contribution in [2.45, 2.75) is 13.0 Å². The van der Waals surface area contributed by atoms with Gasteiger partial charge in [-0.25, -0.2) is 9.97 Å². The lowest BCUT2D eigenvalue weighted by atomic mass is 10.2. The minimum absolute atomic E-state index is 0.00370. The number of nitrogens with zero attached hydrogens (tertiary/aromatic N) is 3. The molecule has 0 aliphatic heterocycles. The van der Waals surface area contributed by atoms with E-state index in [1.165, 1.54) is 0 Å². The molecule has 1 unspecified atom stereocenters. The summed E-state index contributed by atoms with van der Waals surface area (Å²) in [5, 5.41) is 3.20. The van der Waals surface area contributed by atoms with E-state index in [1.807, 2.05) is 25.1 Å². The van der Waals surface area contributed by atoms with Gasteiger partial charge in [-0.3, -0.25) is 4.98 Å². The van der Waals surface area contributed by atoms with Gasteiger partial charge in [0.25, 0.3) is 0 Å². The molecule has 2 aromatic rings. The van der Waals surface area contributed by atoms with Gasteiger partial charge in [0, 0.05) is 18.6 Å². The predicted molar refractivity (Wildman–Crippen MR) is 74.2 cm³/mol. The molecule has 0 aliphatic carbocycles. The van der Waals surface area contributed by atoms with Crippen LogP contribution in [-0.4, -0.2) is 19.9 Å². The molecule has 0 bridgehead atoms. The molecule has 0 saturated carbocycles. The van der Waals surface area contributed by atoms with Crippen LogP contribution >= 0.6 is 12.2 Å². The first-order valence-corrected chi connectivity index (χ1v) is 5.87. The van der Waals surface area contributed by atoms with Gasteiger partial charge in [0.1, 0.15) is 10.7 Å². The SMILES string of the molecule is CC(Nc1nccnc1C(N)=S)c1ccccn1. The molecule has 18 heavy (non-hydrogen) atoms. The lowest BCUT2D eigenvalue weighted by molar-refractivity contribution is 0.829. The fourth-order valence-corrected chi connectivity index (χ4v) is 1.68. The zero-order chi connectivity index (χ0) is 13.0. The van der Waals surface area contributed by atoms with E-state index >= 15 is 0 Å². The van der Waals surface area contributed by atoms with Crippen molar-refractivity contribution < 1.29 is 0 Å². The Kier molecular flexibility index (Phi) is 3.78. The minimum atomic E-state index is -0.00370. The number of hydrogen-bond acceptors (Lipinski definition) is 5. The average molecular weight is 259 g/mol. The third-order valence-electron chi connectivity index (χ3n) is 2.42. The first-order valence-electron chi connectivity index (χ1n) is 5.46. The maximum atomic E-state index is 5.60. The Morgan fingerprint density at radius 2 is 2.00 bits per heavy atom. The van der Waals surface area contributed by atoms with E-state index in [0.717, 1.165) is 5.69 Å². The van der Waals surface area contributed by atoms with Crippen LogP contribution in [0.4, 0.5) is 5.82 Å². The number of nitrogens with two attached hydrogens (primary N) is 1. The van der Waals surface area contributed by atoms with Crippen LogP contribution < -0.4 is 11.1 Å². The van der Waals surface area contributed by atoms with Crippen molar-refractivity contribution >= 4 is 23.0 Å². The maximum absolute atomic E-state index is 5.60. The van der Waals surface area contributed by atoms with Crippen LogP contribution in [0.5, 0.6) is 0 Å². The summed E-state index contributed by atoms with van der Waals surface area (Å²) in [6, 6.07) is 5.75. The van der Waals surface area contributed by atoms with Crippen molar-refractivity contribution in [2.24, 2.45) is 5.73 Å². The second kappa shape index (κ2) is 5.50. The van der Waals surface area contributed by atoms with E-state index in [1.54, 1.807) is 18.6 Å². The van der Waals surface area contributed by atoms with Crippen molar-refractivity contribution in [2.75, 3.05) is 5.32 Å². The van der Waals surface area contributed by atoms with Gasteiger partial charge in [0.05, 0.1) is 11.7 Å². The van der Waals surface area contributed by atoms with Gasteiger partial charge < -0.3 is 11.1 Å². The molecule has 0 fully saturated rings. The molecule has 1 atom stereocenters. The van der Waals surface area contributed by atoms with E-state index < -0.39 is 0 Å². The van der Waals surface area contributed by atoms with Gasteiger partial charge in [-0.2, -0.15) is 0 Å². The molecule has 0 saturated heterocycles. The third-order valence-corrected chi connectivity index (χ3v) is 2.61. The molecule has 0 amide bonds. The average Bonchev–Trinajstić information content (AvgIpc) is 2.40. The van der Waals surface area contributed by atoms with Crippen LogP contribution in [0.3, 0.4) is 0 Å². The largest absolute Gasteiger partial charge is 0.388 e. The lowest BCUT2D eigenvalue weighted by Crippen LogP contribution is -2.18. The summed E-state index contributed by atoms with van der Waals surface area (Å²) >= 11 is 4.94. The summed E-state index contributed by atoms with van der Waals surface area (Å²) in [4.78, 5) is 12.8. The Morgan fingerprint density at radius 1 is 1.22 bits per heavy atom. The Hall–Kier alpha value is -2.08. The van der Waals surface area contributed by atoms with Gasteiger partial charge in [0.2, 0.25) is 0 Å². The monoisotopic (exact) mass is 259 g/mol. The molecule has 6 heteroatoms. The van der Waals surface area contributed by atoms with Crippen LogP contribution in [0.15, 0.2) is 36.8 Å². The number of aromatic nitrogens is 3. The first kappa shape index (κ1) is 12.4. The summed E-state index contributed by atoms with van der Waals surface area (Å²) in [6.07, 6.45) is 4.90. The summed E-state index contributed by atoms with van der Waals surface area (Å²) in [5.41, 5.74) is 7.01. The topological polar surface area (TPSA) is 76.7 Å². The highest BCUT2D eigenvalue weighted by Gasteiger charge is 2.12. The molecule has 3 N–H and O–H groups in total. The van der Waals surface area contributed by atoms with Gasteiger partial charge in [-0.1, -0.05) is 18.3 Å². The van der Waals surface area contributed by atoms with Gasteiger partial charge in [-0.15, -0.1) is 0 Å².